The first-order valence-electron chi connectivity index (χ1n) is 12.3. The number of ether oxygens (including phenoxy) is 1. The predicted molar refractivity (Wildman–Crippen MR) is 138 cm³/mol. The molecule has 0 aliphatic carbocycles. The lowest BCUT2D eigenvalue weighted by atomic mass is 9.84. The van der Waals surface area contributed by atoms with Gasteiger partial charge in [-0.1, -0.05) is 42.0 Å². The average Bonchev–Trinajstić information content (AvgIpc) is 2.78. The summed E-state index contributed by atoms with van der Waals surface area (Å²) in [6.45, 7) is 10.8. The summed E-state index contributed by atoms with van der Waals surface area (Å²) in [6, 6.07) is 13.1. The molecule has 188 valence electrons. The Bertz CT molecular complexity index is 1090. The van der Waals surface area contributed by atoms with Crippen LogP contribution in [0.15, 0.2) is 48.5 Å². The zero-order valence-corrected chi connectivity index (χ0v) is 21.5. The number of piperidine rings is 1. The smallest absolute Gasteiger partial charge is 0.410 e. The van der Waals surface area contributed by atoms with Gasteiger partial charge >= 0.3 is 6.09 Å². The molecule has 6 heteroatoms. The van der Waals surface area contributed by atoms with E-state index in [-0.39, 0.29) is 23.7 Å². The summed E-state index contributed by atoms with van der Waals surface area (Å²) in [4.78, 5) is 25.9. The Hall–Kier alpha value is -3.15. The van der Waals surface area contributed by atoms with Gasteiger partial charge in [0, 0.05) is 38.0 Å². The van der Waals surface area contributed by atoms with Crippen LogP contribution < -0.4 is 5.32 Å². The molecule has 0 aromatic heterocycles. The highest BCUT2D eigenvalue weighted by atomic mass is 19.1. The SMILES string of the molecule is CC(=O)NCC/C=C(\c1ccc(F)c(-c2cccc(C)c2)c1)C1CCCN(C(=O)OC(C)(C)C)C1. The van der Waals surface area contributed by atoms with Crippen molar-refractivity contribution in [3.63, 3.8) is 0 Å². The molecule has 35 heavy (non-hydrogen) atoms. The highest BCUT2D eigenvalue weighted by molar-refractivity contribution is 5.76. The van der Waals surface area contributed by atoms with Gasteiger partial charge in [-0.3, -0.25) is 4.79 Å². The minimum atomic E-state index is -0.555. The normalized spacial score (nSPS) is 16.7. The van der Waals surface area contributed by atoms with Crippen LogP contribution in [-0.4, -0.2) is 42.1 Å². The van der Waals surface area contributed by atoms with Gasteiger partial charge in [-0.05, 0) is 75.8 Å². The fraction of sp³-hybridized carbons (Fsp3) is 0.448. The topological polar surface area (TPSA) is 58.6 Å². The summed E-state index contributed by atoms with van der Waals surface area (Å²) in [5, 5.41) is 2.83. The monoisotopic (exact) mass is 480 g/mol. The quantitative estimate of drug-likeness (QED) is 0.490. The fourth-order valence-corrected chi connectivity index (χ4v) is 4.46. The lowest BCUT2D eigenvalue weighted by Crippen LogP contribution is -2.43. The summed E-state index contributed by atoms with van der Waals surface area (Å²) in [7, 11) is 0. The molecule has 5 nitrogen and oxygen atoms in total. The van der Waals surface area contributed by atoms with Crippen LogP contribution in [0.1, 0.15) is 58.1 Å². The molecule has 0 bridgehead atoms. The maximum absolute atomic E-state index is 14.9. The summed E-state index contributed by atoms with van der Waals surface area (Å²) in [6.07, 6.45) is 4.24. The van der Waals surface area contributed by atoms with Crippen molar-refractivity contribution >= 4 is 17.6 Å². The van der Waals surface area contributed by atoms with E-state index in [2.05, 4.69) is 11.4 Å². The second-order valence-electron chi connectivity index (χ2n) is 10.3. The van der Waals surface area contributed by atoms with E-state index in [0.717, 1.165) is 35.1 Å². The molecule has 0 spiro atoms. The number of benzene rings is 2. The van der Waals surface area contributed by atoms with E-state index in [1.807, 2.05) is 64.1 Å². The number of carbonyl (C=O) groups is 2. The number of aryl methyl sites for hydroxylation is 1. The first kappa shape index (κ1) is 26.5. The van der Waals surface area contributed by atoms with E-state index in [1.165, 1.54) is 13.0 Å². The van der Waals surface area contributed by atoms with E-state index in [0.29, 0.717) is 31.6 Å². The number of rotatable bonds is 6. The van der Waals surface area contributed by atoms with E-state index >= 15 is 0 Å². The Kier molecular flexibility index (Phi) is 8.71. The molecule has 1 heterocycles. The molecule has 1 saturated heterocycles. The highest BCUT2D eigenvalue weighted by Crippen LogP contribution is 2.35. The first-order chi connectivity index (χ1) is 16.5. The number of amides is 2. The molecule has 0 radical (unpaired) electrons. The lowest BCUT2D eigenvalue weighted by Gasteiger charge is -2.35. The Labute approximate surface area is 208 Å². The van der Waals surface area contributed by atoms with Crippen molar-refractivity contribution in [2.75, 3.05) is 19.6 Å². The Morgan fingerprint density at radius 3 is 2.66 bits per heavy atom. The van der Waals surface area contributed by atoms with Gasteiger partial charge in [-0.15, -0.1) is 0 Å². The minimum Gasteiger partial charge on any atom is -0.444 e. The molecule has 1 fully saturated rings. The Morgan fingerprint density at radius 1 is 1.20 bits per heavy atom. The second-order valence-corrected chi connectivity index (χ2v) is 10.3. The number of halogens is 1. The maximum Gasteiger partial charge on any atom is 0.410 e. The third-order valence-electron chi connectivity index (χ3n) is 6.02. The number of hydrogen-bond donors (Lipinski definition) is 1. The van der Waals surface area contributed by atoms with Crippen LogP contribution in [0.2, 0.25) is 0 Å². The standard InChI is InChI=1S/C29H37FN2O3/c1-20-9-6-10-22(17-20)26-18-23(13-14-27(26)30)25(12-7-15-31-21(2)33)24-11-8-16-32(19-24)28(34)35-29(3,4)5/h6,9-10,12-14,17-18,24H,7-8,11,15-16,19H2,1-5H3,(H,31,33)/b25-12+. The van der Waals surface area contributed by atoms with E-state index < -0.39 is 5.60 Å². The highest BCUT2D eigenvalue weighted by Gasteiger charge is 2.30. The molecule has 1 N–H and O–H groups in total. The van der Waals surface area contributed by atoms with Gasteiger partial charge in [0.15, 0.2) is 0 Å². The van der Waals surface area contributed by atoms with Gasteiger partial charge < -0.3 is 15.0 Å². The van der Waals surface area contributed by atoms with Gasteiger partial charge in [0.05, 0.1) is 0 Å². The maximum atomic E-state index is 14.9. The molecule has 1 aliphatic heterocycles. The van der Waals surface area contributed by atoms with Crippen LogP contribution >= 0.6 is 0 Å². The van der Waals surface area contributed by atoms with Crippen molar-refractivity contribution in [3.8, 4) is 11.1 Å². The number of nitrogens with zero attached hydrogens (tertiary/aromatic N) is 1. The predicted octanol–water partition coefficient (Wildman–Crippen LogP) is 6.36. The van der Waals surface area contributed by atoms with Crippen LogP contribution in [0.4, 0.5) is 9.18 Å². The summed E-state index contributed by atoms with van der Waals surface area (Å²) >= 11 is 0. The molecular weight excluding hydrogens is 443 g/mol. The lowest BCUT2D eigenvalue weighted by molar-refractivity contribution is -0.118. The molecule has 3 rings (SSSR count). The van der Waals surface area contributed by atoms with Gasteiger partial charge in [0.1, 0.15) is 11.4 Å². The van der Waals surface area contributed by atoms with E-state index in [9.17, 15) is 14.0 Å². The zero-order valence-electron chi connectivity index (χ0n) is 21.5. The zero-order chi connectivity index (χ0) is 25.6. The Morgan fingerprint density at radius 2 is 1.97 bits per heavy atom. The van der Waals surface area contributed by atoms with Gasteiger partial charge in [-0.2, -0.15) is 0 Å². The third kappa shape index (κ3) is 7.67. The second kappa shape index (κ2) is 11.5. The molecule has 1 unspecified atom stereocenters. The summed E-state index contributed by atoms with van der Waals surface area (Å²) < 4.78 is 20.5. The number of nitrogens with one attached hydrogen (secondary N) is 1. The van der Waals surface area contributed by atoms with Crippen LogP contribution in [0.3, 0.4) is 0 Å². The number of carbonyl (C=O) groups excluding carboxylic acids is 2. The molecule has 1 aliphatic rings. The minimum absolute atomic E-state index is 0.0720. The van der Waals surface area contributed by atoms with Crippen molar-refractivity contribution in [1.29, 1.82) is 0 Å². The van der Waals surface area contributed by atoms with Gasteiger partial charge in [0.2, 0.25) is 5.91 Å². The van der Waals surface area contributed by atoms with Crippen LogP contribution in [0, 0.1) is 18.7 Å². The molecule has 2 amide bonds. The molecule has 0 saturated carbocycles. The van der Waals surface area contributed by atoms with E-state index in [1.54, 1.807) is 4.90 Å². The van der Waals surface area contributed by atoms with Crippen molar-refractivity contribution < 1.29 is 18.7 Å². The summed E-state index contributed by atoms with van der Waals surface area (Å²) in [5.74, 6) is -0.252. The number of hydrogen-bond acceptors (Lipinski definition) is 3. The Balaban J connectivity index is 1.93. The van der Waals surface area contributed by atoms with E-state index in [4.69, 9.17) is 4.74 Å². The molecule has 2 aromatic carbocycles. The average molecular weight is 481 g/mol. The van der Waals surface area contributed by atoms with Crippen molar-refractivity contribution in [3.05, 3.63) is 65.5 Å². The van der Waals surface area contributed by atoms with Gasteiger partial charge in [0.25, 0.3) is 0 Å². The van der Waals surface area contributed by atoms with Crippen LogP contribution in [0.25, 0.3) is 16.7 Å². The largest absolute Gasteiger partial charge is 0.444 e. The van der Waals surface area contributed by atoms with Crippen molar-refractivity contribution in [2.24, 2.45) is 5.92 Å². The summed E-state index contributed by atoms with van der Waals surface area (Å²) in [5.41, 5.74) is 3.90. The number of likely N-dealkylation sites (tertiary alicyclic amines) is 1. The molecular formula is C29H37FN2O3. The van der Waals surface area contributed by atoms with Crippen LogP contribution in [0.5, 0.6) is 0 Å². The third-order valence-corrected chi connectivity index (χ3v) is 6.02. The van der Waals surface area contributed by atoms with Crippen molar-refractivity contribution in [1.82, 2.24) is 10.2 Å². The van der Waals surface area contributed by atoms with Crippen molar-refractivity contribution in [2.45, 2.75) is 59.5 Å². The molecule has 1 atom stereocenters. The van der Waals surface area contributed by atoms with Gasteiger partial charge in [-0.25, -0.2) is 9.18 Å². The fourth-order valence-electron chi connectivity index (χ4n) is 4.46. The van der Waals surface area contributed by atoms with Crippen LogP contribution in [-0.2, 0) is 9.53 Å². The molecule has 2 aromatic rings. The first-order valence-corrected chi connectivity index (χ1v) is 12.3.